The van der Waals surface area contributed by atoms with Crippen LogP contribution in [0.4, 0.5) is 12.9 Å². The number of rotatable bonds is 4. The molecule has 0 amide bonds. The first kappa shape index (κ1) is 14.4. The van der Waals surface area contributed by atoms with Gasteiger partial charge in [0.15, 0.2) is 18.4 Å². The molecule has 6 heteroatoms. The molecular weight excluding hydrogens is 246 g/mol. The monoisotopic (exact) mass is 263 g/mol. The lowest BCUT2D eigenvalue weighted by Crippen LogP contribution is -2.43. The van der Waals surface area contributed by atoms with Crippen LogP contribution in [-0.2, 0) is 0 Å². The second kappa shape index (κ2) is 5.33. The number of halogens is 3. The van der Waals surface area contributed by atoms with E-state index in [9.17, 15) is 12.9 Å². The fraction of sp³-hybridized carbons (Fsp3) is 0.545. The summed E-state index contributed by atoms with van der Waals surface area (Å²) in [5.74, 6) is 0. The van der Waals surface area contributed by atoms with E-state index in [-0.39, 0.29) is 11.3 Å². The number of thioether (sulfide) groups is 1. The predicted octanol–water partition coefficient (Wildman–Crippen LogP) is 3.11. The normalized spacial score (nSPS) is 12.5. The lowest BCUT2D eigenvalue weighted by molar-refractivity contribution is -0.717. The highest BCUT2D eigenvalue weighted by Crippen LogP contribution is 2.23. The maximum absolute atomic E-state index is 12.9. The van der Waals surface area contributed by atoms with Crippen molar-refractivity contribution >= 4 is 24.2 Å². The fourth-order valence-corrected chi connectivity index (χ4v) is 2.47. The number of hydrogen-bond donors (Lipinski definition) is 0. The molecule has 0 aromatic carbocycles. The zero-order chi connectivity index (χ0) is 13.2. The van der Waals surface area contributed by atoms with Gasteiger partial charge in [-0.25, -0.2) is 4.57 Å². The summed E-state index contributed by atoms with van der Waals surface area (Å²) in [5, 5.41) is 0.134. The quantitative estimate of drug-likeness (QED) is 0.458. The van der Waals surface area contributed by atoms with Gasteiger partial charge >= 0.3 is 6.98 Å². The molecule has 0 atom stereocenters. The third kappa shape index (κ3) is 3.94. The van der Waals surface area contributed by atoms with E-state index in [1.165, 1.54) is 24.0 Å². The molecular formula is C11H17BF3NS. The van der Waals surface area contributed by atoms with Gasteiger partial charge in [0, 0.05) is 10.1 Å². The second-order valence-electron chi connectivity index (χ2n) is 4.55. The van der Waals surface area contributed by atoms with Crippen molar-refractivity contribution in [2.75, 3.05) is 0 Å². The molecule has 1 heterocycles. The molecule has 17 heavy (non-hydrogen) atoms. The first-order chi connectivity index (χ1) is 7.71. The molecule has 0 saturated heterocycles. The van der Waals surface area contributed by atoms with Gasteiger partial charge in [-0.2, -0.15) is 0 Å². The Morgan fingerprint density at radius 1 is 1.18 bits per heavy atom. The fourth-order valence-electron chi connectivity index (χ4n) is 1.45. The molecule has 0 aliphatic heterocycles. The average Bonchev–Trinajstić information content (AvgIpc) is 2.14. The third-order valence-electron chi connectivity index (χ3n) is 2.29. The summed E-state index contributed by atoms with van der Waals surface area (Å²) < 4.78 is 40.4. The van der Waals surface area contributed by atoms with Crippen LogP contribution in [-0.4, -0.2) is 12.2 Å². The van der Waals surface area contributed by atoms with Crippen molar-refractivity contribution in [3.8, 4) is 0 Å². The van der Waals surface area contributed by atoms with Gasteiger partial charge in [-0.05, 0) is 19.9 Å². The molecule has 0 aliphatic rings. The van der Waals surface area contributed by atoms with Crippen LogP contribution in [0.2, 0.25) is 0 Å². The average molecular weight is 263 g/mol. The summed E-state index contributed by atoms with van der Waals surface area (Å²) in [6.07, 6.45) is 3.10. The molecule has 1 aromatic rings. The van der Waals surface area contributed by atoms with Gasteiger partial charge in [-0.1, -0.05) is 19.3 Å². The molecule has 0 aliphatic carbocycles. The lowest BCUT2D eigenvalue weighted by Gasteiger charge is -2.19. The first-order valence-corrected chi connectivity index (χ1v) is 6.51. The van der Waals surface area contributed by atoms with E-state index in [4.69, 9.17) is 0 Å². The zero-order valence-corrected chi connectivity index (χ0v) is 11.3. The summed E-state index contributed by atoms with van der Waals surface area (Å²) in [6.45, 7) is 2.74. The van der Waals surface area contributed by atoms with Gasteiger partial charge in [0.05, 0.1) is 0 Å². The summed E-state index contributed by atoms with van der Waals surface area (Å²) in [4.78, 5) is 0.323. The van der Waals surface area contributed by atoms with Crippen LogP contribution in [0, 0.1) is 0 Å². The predicted molar refractivity (Wildman–Crippen MR) is 66.7 cm³/mol. The van der Waals surface area contributed by atoms with Crippen LogP contribution in [0.25, 0.3) is 0 Å². The van der Waals surface area contributed by atoms with E-state index in [0.29, 0.717) is 4.90 Å². The number of aromatic nitrogens is 1. The Labute approximate surface area is 104 Å². The summed E-state index contributed by atoms with van der Waals surface area (Å²) in [5.41, 5.74) is -0.486. The topological polar surface area (TPSA) is 3.88 Å². The Morgan fingerprint density at radius 2 is 1.76 bits per heavy atom. The molecule has 0 spiro atoms. The van der Waals surface area contributed by atoms with Gasteiger partial charge in [-0.3, -0.25) is 0 Å². The Morgan fingerprint density at radius 3 is 2.18 bits per heavy atom. The Kier molecular flexibility index (Phi) is 4.52. The molecule has 96 valence electrons. The minimum absolute atomic E-state index is 0.134. The minimum atomic E-state index is -4.94. The number of hydrogen-bond acceptors (Lipinski definition) is 1. The first-order valence-electron chi connectivity index (χ1n) is 5.63. The standard InChI is InChI=1S/C11H17BF3NS/c1-8(2)16-6-5-10(12(13,14)15)11(7-16)17-9(3)4/h5-9H,1-4H3. The molecule has 1 aromatic heterocycles. The van der Waals surface area contributed by atoms with Crippen molar-refractivity contribution in [3.63, 3.8) is 0 Å². The number of pyridine rings is 1. The van der Waals surface area contributed by atoms with Crippen LogP contribution in [0.15, 0.2) is 23.4 Å². The molecule has 1 rings (SSSR count). The lowest BCUT2D eigenvalue weighted by atomic mass is 9.81. The largest absolute Gasteiger partial charge is 0.511 e. The second-order valence-corrected chi connectivity index (χ2v) is 6.17. The summed E-state index contributed by atoms with van der Waals surface area (Å²) >= 11 is 1.26. The zero-order valence-electron chi connectivity index (χ0n) is 10.5. The van der Waals surface area contributed by atoms with Gasteiger partial charge in [0.2, 0.25) is 0 Å². The van der Waals surface area contributed by atoms with Crippen molar-refractivity contribution < 1.29 is 17.5 Å². The van der Waals surface area contributed by atoms with Gasteiger partial charge in [0.25, 0.3) is 0 Å². The van der Waals surface area contributed by atoms with Crippen molar-refractivity contribution in [3.05, 3.63) is 18.5 Å². The van der Waals surface area contributed by atoms with Gasteiger partial charge in [-0.15, -0.1) is 11.8 Å². The Balaban J connectivity index is 3.22. The van der Waals surface area contributed by atoms with E-state index in [0.717, 1.165) is 0 Å². The molecule has 0 saturated carbocycles. The summed E-state index contributed by atoms with van der Waals surface area (Å²) in [7, 11) is 0. The van der Waals surface area contributed by atoms with E-state index < -0.39 is 12.4 Å². The maximum atomic E-state index is 12.9. The maximum Gasteiger partial charge on any atom is 0.511 e. The molecule has 1 nitrogen and oxygen atoms in total. The van der Waals surface area contributed by atoms with Gasteiger partial charge < -0.3 is 12.9 Å². The van der Waals surface area contributed by atoms with E-state index in [1.54, 1.807) is 10.8 Å². The SMILES string of the molecule is CC(C)Sc1c[n+](C(C)C)ccc1[B-](F)(F)F. The third-order valence-corrected chi connectivity index (χ3v) is 3.36. The van der Waals surface area contributed by atoms with E-state index >= 15 is 0 Å². The highest BCUT2D eigenvalue weighted by Gasteiger charge is 2.30. The van der Waals surface area contributed by atoms with Crippen molar-refractivity contribution in [2.45, 2.75) is 43.9 Å². The van der Waals surface area contributed by atoms with E-state index in [1.807, 2.05) is 27.7 Å². The molecule has 0 unspecified atom stereocenters. The molecule has 0 N–H and O–H groups in total. The van der Waals surface area contributed by atoms with Crippen LogP contribution in [0.3, 0.4) is 0 Å². The highest BCUT2D eigenvalue weighted by molar-refractivity contribution is 8.00. The smallest absolute Gasteiger partial charge is 0.445 e. The summed E-state index contributed by atoms with van der Waals surface area (Å²) in [6, 6.07) is 1.35. The van der Waals surface area contributed by atoms with Crippen LogP contribution in [0.5, 0.6) is 0 Å². The highest BCUT2D eigenvalue weighted by atomic mass is 32.2. The molecule has 0 radical (unpaired) electrons. The minimum Gasteiger partial charge on any atom is -0.445 e. The van der Waals surface area contributed by atoms with Gasteiger partial charge in [0.1, 0.15) is 0 Å². The van der Waals surface area contributed by atoms with Crippen LogP contribution < -0.4 is 10.0 Å². The van der Waals surface area contributed by atoms with Crippen molar-refractivity contribution in [2.24, 2.45) is 0 Å². The Bertz CT molecular complexity index is 391. The molecule has 0 bridgehead atoms. The number of nitrogens with zero attached hydrogens (tertiary/aromatic N) is 1. The van der Waals surface area contributed by atoms with Crippen LogP contribution >= 0.6 is 11.8 Å². The Hall–Kier alpha value is -0.645. The van der Waals surface area contributed by atoms with Crippen molar-refractivity contribution in [1.29, 1.82) is 0 Å². The molecule has 0 fully saturated rings. The van der Waals surface area contributed by atoms with Crippen LogP contribution in [0.1, 0.15) is 33.7 Å². The van der Waals surface area contributed by atoms with E-state index in [2.05, 4.69) is 0 Å². The van der Waals surface area contributed by atoms with Crippen molar-refractivity contribution in [1.82, 2.24) is 0 Å².